The number of alkyl halides is 1. The van der Waals surface area contributed by atoms with E-state index in [1.807, 2.05) is 17.1 Å². The molecule has 3 unspecified atom stereocenters. The van der Waals surface area contributed by atoms with Crippen molar-refractivity contribution in [2.75, 3.05) is 0 Å². The first-order valence-electron chi connectivity index (χ1n) is 4.66. The first-order chi connectivity index (χ1) is 6.61. The summed E-state index contributed by atoms with van der Waals surface area (Å²) in [5.74, 6) is 1.03. The molecule has 2 nitrogen and oxygen atoms in total. The van der Waals surface area contributed by atoms with Gasteiger partial charge in [0.15, 0.2) is 0 Å². The zero-order valence-electron chi connectivity index (χ0n) is 8.11. The number of allylic oxidation sites excluding steroid dienone is 1. The van der Waals surface area contributed by atoms with Gasteiger partial charge in [-0.1, -0.05) is 35.9 Å². The normalized spacial score (nSPS) is 27.4. The van der Waals surface area contributed by atoms with Gasteiger partial charge < -0.3 is 0 Å². The van der Waals surface area contributed by atoms with Crippen LogP contribution in [0.3, 0.4) is 0 Å². The van der Waals surface area contributed by atoms with Crippen molar-refractivity contribution >= 4 is 38.1 Å². The molecule has 0 saturated carbocycles. The Morgan fingerprint density at radius 1 is 1.57 bits per heavy atom. The second kappa shape index (κ2) is 3.81. The van der Waals surface area contributed by atoms with Gasteiger partial charge in [-0.15, -0.1) is 0 Å². The van der Waals surface area contributed by atoms with Crippen LogP contribution in [0.5, 0.6) is 0 Å². The molecule has 1 aliphatic heterocycles. The second-order valence-corrected chi connectivity index (χ2v) is 6.01. The molecule has 3 atom stereocenters. The molecule has 0 radical (unpaired) electrons. The third-order valence-electron chi connectivity index (χ3n) is 2.78. The molecule has 0 bridgehead atoms. The highest BCUT2D eigenvalue weighted by Gasteiger charge is 2.28. The maximum absolute atomic E-state index is 4.27. The molecule has 1 aliphatic rings. The lowest BCUT2D eigenvalue weighted by atomic mass is 9.87. The molecule has 1 aromatic rings. The summed E-state index contributed by atoms with van der Waals surface area (Å²) in [6, 6.07) is 0. The van der Waals surface area contributed by atoms with E-state index in [1.54, 1.807) is 0 Å². The van der Waals surface area contributed by atoms with Gasteiger partial charge in [-0.3, -0.25) is 0 Å². The van der Waals surface area contributed by atoms with E-state index in [4.69, 9.17) is 0 Å². The van der Waals surface area contributed by atoms with Gasteiger partial charge in [-0.2, -0.15) is 5.10 Å². The number of fused-ring (bicyclic) bond motifs is 1. The lowest BCUT2D eigenvalue weighted by molar-refractivity contribution is 0.505. The van der Waals surface area contributed by atoms with Crippen LogP contribution in [0.15, 0.2) is 16.7 Å². The maximum atomic E-state index is 4.27. The first kappa shape index (κ1) is 10.4. The Kier molecular flexibility index (Phi) is 2.84. The van der Waals surface area contributed by atoms with Gasteiger partial charge >= 0.3 is 0 Å². The van der Waals surface area contributed by atoms with Crippen LogP contribution in [0.2, 0.25) is 0 Å². The van der Waals surface area contributed by atoms with Crippen molar-refractivity contribution in [1.82, 2.24) is 9.78 Å². The highest BCUT2D eigenvalue weighted by atomic mass is 79.9. The number of halogens is 2. The average Bonchev–Trinajstić information content (AvgIpc) is 2.48. The molecule has 2 heterocycles. The molecule has 0 N–H and O–H groups in total. The molecular formula is C10H12Br2N2. The van der Waals surface area contributed by atoms with E-state index in [1.165, 1.54) is 5.69 Å². The van der Waals surface area contributed by atoms with Crippen molar-refractivity contribution in [2.45, 2.75) is 24.6 Å². The van der Waals surface area contributed by atoms with E-state index in [0.717, 1.165) is 4.47 Å². The van der Waals surface area contributed by atoms with Gasteiger partial charge in [-0.25, -0.2) is 4.68 Å². The molecule has 14 heavy (non-hydrogen) atoms. The fourth-order valence-electron chi connectivity index (χ4n) is 1.98. The van der Waals surface area contributed by atoms with Gasteiger partial charge in [0.2, 0.25) is 0 Å². The zero-order chi connectivity index (χ0) is 10.3. The molecule has 4 heteroatoms. The number of rotatable bonds is 1. The van der Waals surface area contributed by atoms with Gasteiger partial charge in [0, 0.05) is 16.9 Å². The van der Waals surface area contributed by atoms with Crippen LogP contribution >= 0.6 is 31.9 Å². The summed E-state index contributed by atoms with van der Waals surface area (Å²) >= 11 is 7.18. The maximum Gasteiger partial charge on any atom is 0.0639 e. The lowest BCUT2D eigenvalue weighted by Gasteiger charge is -2.27. The summed E-state index contributed by atoms with van der Waals surface area (Å²) in [4.78, 5) is 0.490. The van der Waals surface area contributed by atoms with Crippen molar-refractivity contribution in [3.8, 4) is 0 Å². The van der Waals surface area contributed by atoms with Crippen LogP contribution < -0.4 is 0 Å². The van der Waals surface area contributed by atoms with Gasteiger partial charge in [0.25, 0.3) is 0 Å². The monoisotopic (exact) mass is 318 g/mol. The minimum atomic E-state index is 0.490. The van der Waals surface area contributed by atoms with E-state index in [0.29, 0.717) is 16.7 Å². The predicted octanol–water partition coefficient (Wildman–Crippen LogP) is 3.63. The molecule has 1 aromatic heterocycles. The van der Waals surface area contributed by atoms with Crippen LogP contribution in [0.25, 0.3) is 6.20 Å². The highest BCUT2D eigenvalue weighted by molar-refractivity contribution is 9.10. The summed E-state index contributed by atoms with van der Waals surface area (Å²) in [7, 11) is 0. The van der Waals surface area contributed by atoms with Crippen LogP contribution in [-0.2, 0) is 0 Å². The third kappa shape index (κ3) is 1.58. The number of hydrogen-bond donors (Lipinski definition) is 0. The van der Waals surface area contributed by atoms with E-state index >= 15 is 0 Å². The lowest BCUT2D eigenvalue weighted by Crippen LogP contribution is -2.22. The van der Waals surface area contributed by atoms with Gasteiger partial charge in [0.1, 0.15) is 0 Å². The van der Waals surface area contributed by atoms with Crippen LogP contribution in [-0.4, -0.2) is 14.6 Å². The number of nitrogens with zero attached hydrogens (tertiary/aromatic N) is 2. The van der Waals surface area contributed by atoms with E-state index in [9.17, 15) is 0 Å². The summed E-state index contributed by atoms with van der Waals surface area (Å²) in [5, 5.41) is 4.27. The minimum Gasteiger partial charge on any atom is -0.244 e. The van der Waals surface area contributed by atoms with E-state index < -0.39 is 0 Å². The number of aromatic nitrogens is 2. The Morgan fingerprint density at radius 2 is 2.29 bits per heavy atom. The smallest absolute Gasteiger partial charge is 0.0639 e. The molecular weight excluding hydrogens is 308 g/mol. The molecule has 0 aromatic carbocycles. The molecule has 76 valence electrons. The van der Waals surface area contributed by atoms with Crippen molar-refractivity contribution in [3.05, 3.63) is 22.4 Å². The van der Waals surface area contributed by atoms with Crippen molar-refractivity contribution in [1.29, 1.82) is 0 Å². The number of hydrogen-bond acceptors (Lipinski definition) is 1. The first-order valence-corrected chi connectivity index (χ1v) is 6.37. The van der Waals surface area contributed by atoms with Crippen LogP contribution in [0.1, 0.15) is 25.5 Å². The Bertz CT molecular complexity index is 368. The van der Waals surface area contributed by atoms with Gasteiger partial charge in [-0.05, 0) is 21.8 Å². The van der Waals surface area contributed by atoms with Crippen molar-refractivity contribution in [3.63, 3.8) is 0 Å². The molecule has 0 spiro atoms. The summed E-state index contributed by atoms with van der Waals surface area (Å²) in [6.45, 7) is 4.43. The molecule has 0 amide bonds. The Balaban J connectivity index is 2.42. The topological polar surface area (TPSA) is 17.8 Å². The quantitative estimate of drug-likeness (QED) is 0.723. The molecule has 0 fully saturated rings. The zero-order valence-corrected chi connectivity index (χ0v) is 11.3. The highest BCUT2D eigenvalue weighted by Crippen LogP contribution is 2.37. The average molecular weight is 320 g/mol. The molecule has 0 saturated heterocycles. The summed E-state index contributed by atoms with van der Waals surface area (Å²) in [5.41, 5.74) is 1.27. The Morgan fingerprint density at radius 3 is 2.93 bits per heavy atom. The van der Waals surface area contributed by atoms with Crippen LogP contribution in [0, 0.1) is 5.92 Å². The summed E-state index contributed by atoms with van der Waals surface area (Å²) in [6.07, 6.45) is 6.12. The van der Waals surface area contributed by atoms with Crippen LogP contribution in [0.4, 0.5) is 0 Å². The second-order valence-electron chi connectivity index (χ2n) is 3.71. The van der Waals surface area contributed by atoms with Crippen molar-refractivity contribution < 1.29 is 0 Å². The summed E-state index contributed by atoms with van der Waals surface area (Å²) < 4.78 is 3.05. The van der Waals surface area contributed by atoms with E-state index in [2.05, 4.69) is 56.9 Å². The fourth-order valence-corrected chi connectivity index (χ4v) is 3.24. The molecule has 2 rings (SSSR count). The largest absolute Gasteiger partial charge is 0.244 e. The van der Waals surface area contributed by atoms with Gasteiger partial charge in [0.05, 0.1) is 16.4 Å². The minimum absolute atomic E-state index is 0.490. The third-order valence-corrected chi connectivity index (χ3v) is 4.00. The molecule has 0 aliphatic carbocycles. The SMILES string of the molecule is CC(Br)C1C=Cn2ncc(Br)c2C1C. The Labute approximate surface area is 101 Å². The fraction of sp³-hybridized carbons (Fsp3) is 0.500. The van der Waals surface area contributed by atoms with E-state index in [-0.39, 0.29) is 0 Å². The Hall–Kier alpha value is -0.0900. The van der Waals surface area contributed by atoms with Crippen molar-refractivity contribution in [2.24, 2.45) is 5.92 Å². The predicted molar refractivity (Wildman–Crippen MR) is 65.6 cm³/mol. The standard InChI is InChI=1S/C10H12Br2N2/c1-6-8(7(2)11)3-4-14-10(6)9(12)5-13-14/h3-8H,1-2H3.